The standard InChI is InChI=1S/C17H25N3.C4H4O4/c1-14(2)12-20(17-7-9-19-10-8-17)13-16-6-4-3-5-15(16)11-18;5-3(6)1-2-4(7)8/h3-6,14,17,19H,7-10,12-13H2,1-2H3;1-2H,(H,5,6)(H,7,8)/b;2-1+. The molecule has 0 unspecified atom stereocenters. The Morgan fingerprint density at radius 1 is 1.21 bits per heavy atom. The second-order valence-corrected chi connectivity index (χ2v) is 7.08. The van der Waals surface area contributed by atoms with Crippen molar-refractivity contribution in [3.63, 3.8) is 0 Å². The quantitative estimate of drug-likeness (QED) is 0.616. The molecule has 3 N–H and O–H groups in total. The molecule has 0 radical (unpaired) electrons. The first-order chi connectivity index (χ1) is 13.3. The van der Waals surface area contributed by atoms with Crippen LogP contribution in [0.3, 0.4) is 0 Å². The summed E-state index contributed by atoms with van der Waals surface area (Å²) in [5.41, 5.74) is 1.98. The molecule has 1 heterocycles. The molecule has 28 heavy (non-hydrogen) atoms. The molecule has 1 aliphatic rings. The Balaban J connectivity index is 0.000000416. The topological polar surface area (TPSA) is 114 Å². The van der Waals surface area contributed by atoms with Crippen LogP contribution in [0.5, 0.6) is 0 Å². The number of piperidine rings is 1. The Hall–Kier alpha value is -2.69. The predicted octanol–water partition coefficient (Wildman–Crippen LogP) is 2.48. The molecule has 1 aromatic rings. The Kier molecular flexibility index (Phi) is 10.6. The van der Waals surface area contributed by atoms with Crippen molar-refractivity contribution in [2.45, 2.75) is 39.3 Å². The number of nitrogens with one attached hydrogen (secondary N) is 1. The van der Waals surface area contributed by atoms with Gasteiger partial charge in [0.15, 0.2) is 0 Å². The Morgan fingerprint density at radius 2 is 1.79 bits per heavy atom. The molecule has 1 aromatic carbocycles. The van der Waals surface area contributed by atoms with Gasteiger partial charge >= 0.3 is 11.9 Å². The molecule has 152 valence electrons. The summed E-state index contributed by atoms with van der Waals surface area (Å²) in [6.07, 6.45) is 3.54. The van der Waals surface area contributed by atoms with Crippen LogP contribution in [0.1, 0.15) is 37.8 Å². The molecule has 1 saturated heterocycles. The van der Waals surface area contributed by atoms with E-state index in [4.69, 9.17) is 10.2 Å². The minimum atomic E-state index is -1.26. The summed E-state index contributed by atoms with van der Waals surface area (Å²) in [6, 6.07) is 11.0. The summed E-state index contributed by atoms with van der Waals surface area (Å²) in [4.78, 5) is 21.7. The molecule has 7 nitrogen and oxygen atoms in total. The van der Waals surface area contributed by atoms with E-state index in [1.807, 2.05) is 18.2 Å². The number of carboxylic acids is 2. The SMILES string of the molecule is CC(C)CN(Cc1ccccc1C#N)C1CCNCC1.O=C(O)/C=C/C(=O)O. The van der Waals surface area contributed by atoms with Gasteiger partial charge in [0, 0.05) is 31.3 Å². The third kappa shape index (κ3) is 9.31. The van der Waals surface area contributed by atoms with Crippen LogP contribution < -0.4 is 5.32 Å². The zero-order chi connectivity index (χ0) is 20.9. The van der Waals surface area contributed by atoms with Gasteiger partial charge in [0.05, 0.1) is 11.6 Å². The number of hydrogen-bond donors (Lipinski definition) is 3. The predicted molar refractivity (Wildman–Crippen MR) is 107 cm³/mol. The fourth-order valence-corrected chi connectivity index (χ4v) is 3.11. The summed E-state index contributed by atoms with van der Waals surface area (Å²) in [5.74, 6) is -1.86. The largest absolute Gasteiger partial charge is 0.478 e. The number of nitriles is 1. The van der Waals surface area contributed by atoms with Gasteiger partial charge in [0.2, 0.25) is 0 Å². The van der Waals surface area contributed by atoms with Crippen molar-refractivity contribution in [3.05, 3.63) is 47.5 Å². The van der Waals surface area contributed by atoms with Gasteiger partial charge in [0.25, 0.3) is 0 Å². The number of aliphatic carboxylic acids is 2. The van der Waals surface area contributed by atoms with Crippen LogP contribution in [0, 0.1) is 17.2 Å². The van der Waals surface area contributed by atoms with Crippen molar-refractivity contribution in [2.75, 3.05) is 19.6 Å². The van der Waals surface area contributed by atoms with Crippen LogP contribution >= 0.6 is 0 Å². The van der Waals surface area contributed by atoms with E-state index in [9.17, 15) is 14.9 Å². The van der Waals surface area contributed by atoms with Gasteiger partial charge < -0.3 is 15.5 Å². The van der Waals surface area contributed by atoms with Gasteiger partial charge in [0.1, 0.15) is 0 Å². The van der Waals surface area contributed by atoms with Gasteiger partial charge in [-0.05, 0) is 43.5 Å². The lowest BCUT2D eigenvalue weighted by Gasteiger charge is -2.36. The highest BCUT2D eigenvalue weighted by Crippen LogP contribution is 2.19. The van der Waals surface area contributed by atoms with E-state index >= 15 is 0 Å². The molecule has 1 fully saturated rings. The van der Waals surface area contributed by atoms with Gasteiger partial charge in [-0.2, -0.15) is 5.26 Å². The average Bonchev–Trinajstić information content (AvgIpc) is 2.67. The molecule has 7 heteroatoms. The van der Waals surface area contributed by atoms with E-state index in [1.54, 1.807) is 0 Å². The average molecular weight is 387 g/mol. The van der Waals surface area contributed by atoms with Crippen molar-refractivity contribution in [1.29, 1.82) is 5.26 Å². The molecule has 0 aliphatic carbocycles. The van der Waals surface area contributed by atoms with Crippen molar-refractivity contribution >= 4 is 11.9 Å². The van der Waals surface area contributed by atoms with E-state index in [2.05, 4.69) is 36.2 Å². The third-order valence-electron chi connectivity index (χ3n) is 4.30. The Labute approximate surface area is 166 Å². The van der Waals surface area contributed by atoms with Crippen molar-refractivity contribution in [2.24, 2.45) is 5.92 Å². The summed E-state index contributed by atoms with van der Waals surface area (Å²) in [6.45, 7) is 8.75. The minimum Gasteiger partial charge on any atom is -0.478 e. The van der Waals surface area contributed by atoms with E-state index in [1.165, 1.54) is 12.8 Å². The lowest BCUT2D eigenvalue weighted by atomic mass is 10.0. The first-order valence-corrected chi connectivity index (χ1v) is 9.40. The zero-order valence-corrected chi connectivity index (χ0v) is 16.5. The van der Waals surface area contributed by atoms with Crippen LogP contribution in [-0.2, 0) is 16.1 Å². The van der Waals surface area contributed by atoms with Crippen LogP contribution in [0.2, 0.25) is 0 Å². The monoisotopic (exact) mass is 387 g/mol. The molecule has 0 bridgehead atoms. The van der Waals surface area contributed by atoms with Gasteiger partial charge in [-0.1, -0.05) is 32.0 Å². The molecule has 0 saturated carbocycles. The Morgan fingerprint density at radius 3 is 2.29 bits per heavy atom. The first kappa shape index (κ1) is 23.3. The third-order valence-corrected chi connectivity index (χ3v) is 4.30. The Bertz CT molecular complexity index is 688. The number of carbonyl (C=O) groups is 2. The summed E-state index contributed by atoms with van der Waals surface area (Å²) < 4.78 is 0. The van der Waals surface area contributed by atoms with Gasteiger partial charge in [-0.15, -0.1) is 0 Å². The fraction of sp³-hybridized carbons (Fsp3) is 0.476. The molecule has 0 atom stereocenters. The van der Waals surface area contributed by atoms with E-state index < -0.39 is 11.9 Å². The fourth-order valence-electron chi connectivity index (χ4n) is 3.11. The number of hydrogen-bond acceptors (Lipinski definition) is 5. The van der Waals surface area contributed by atoms with Crippen LogP contribution in [0.15, 0.2) is 36.4 Å². The molecule has 0 aromatic heterocycles. The lowest BCUT2D eigenvalue weighted by Crippen LogP contribution is -2.44. The molecule has 0 amide bonds. The molecule has 2 rings (SSSR count). The van der Waals surface area contributed by atoms with Gasteiger partial charge in [-0.25, -0.2) is 9.59 Å². The highest BCUT2D eigenvalue weighted by molar-refractivity contribution is 5.89. The molecule has 1 aliphatic heterocycles. The van der Waals surface area contributed by atoms with Gasteiger partial charge in [-0.3, -0.25) is 4.90 Å². The zero-order valence-electron chi connectivity index (χ0n) is 16.5. The molecule has 0 spiro atoms. The molecular weight excluding hydrogens is 358 g/mol. The summed E-state index contributed by atoms with van der Waals surface area (Å²) >= 11 is 0. The highest BCUT2D eigenvalue weighted by Gasteiger charge is 2.22. The lowest BCUT2D eigenvalue weighted by molar-refractivity contribution is -0.134. The number of carboxylic acid groups (broad SMARTS) is 2. The normalized spacial score (nSPS) is 14.5. The maximum absolute atomic E-state index is 9.55. The smallest absolute Gasteiger partial charge is 0.328 e. The molecular formula is C21H29N3O4. The maximum atomic E-state index is 9.55. The summed E-state index contributed by atoms with van der Waals surface area (Å²) in [7, 11) is 0. The minimum absolute atomic E-state index is 0.558. The van der Waals surface area contributed by atoms with Crippen LogP contribution in [-0.4, -0.2) is 52.7 Å². The van der Waals surface area contributed by atoms with E-state index in [0.29, 0.717) is 24.1 Å². The van der Waals surface area contributed by atoms with E-state index in [-0.39, 0.29) is 0 Å². The maximum Gasteiger partial charge on any atom is 0.328 e. The first-order valence-electron chi connectivity index (χ1n) is 9.40. The number of rotatable bonds is 7. The van der Waals surface area contributed by atoms with Crippen LogP contribution in [0.4, 0.5) is 0 Å². The van der Waals surface area contributed by atoms with Crippen molar-refractivity contribution in [3.8, 4) is 6.07 Å². The number of nitrogens with zero attached hydrogens (tertiary/aromatic N) is 2. The van der Waals surface area contributed by atoms with Crippen molar-refractivity contribution in [1.82, 2.24) is 10.2 Å². The highest BCUT2D eigenvalue weighted by atomic mass is 16.4. The van der Waals surface area contributed by atoms with Crippen molar-refractivity contribution < 1.29 is 19.8 Å². The second kappa shape index (κ2) is 12.7. The van der Waals surface area contributed by atoms with Crippen LogP contribution in [0.25, 0.3) is 0 Å². The summed E-state index contributed by atoms with van der Waals surface area (Å²) in [5, 5.41) is 28.3. The van der Waals surface area contributed by atoms with E-state index in [0.717, 1.165) is 37.3 Å². The number of benzene rings is 1. The second-order valence-electron chi connectivity index (χ2n) is 7.08.